The zero-order valence-corrected chi connectivity index (χ0v) is 35.5. The molecule has 0 aliphatic carbocycles. The second-order valence-electron chi connectivity index (χ2n) is 15.3. The van der Waals surface area contributed by atoms with Crippen molar-refractivity contribution in [3.8, 4) is 0 Å². The lowest BCUT2D eigenvalue weighted by Gasteiger charge is -2.28. The number of anilines is 2. The largest absolute Gasteiger partial charge is 0.398 e. The van der Waals surface area contributed by atoms with Crippen molar-refractivity contribution < 1.29 is 48.2 Å². The summed E-state index contributed by atoms with van der Waals surface area (Å²) in [4.78, 5) is 135. The highest BCUT2D eigenvalue weighted by Crippen LogP contribution is 2.29. The van der Waals surface area contributed by atoms with E-state index in [0.717, 1.165) is 18.2 Å². The average Bonchev–Trinajstić information content (AvgIpc) is 4.10. The first-order valence-electron chi connectivity index (χ1n) is 20.8. The molecule has 3 aromatic rings. The Hall–Kier alpha value is -8.19. The molecular formula is C40H50N14O12. The number of rotatable bonds is 22. The minimum absolute atomic E-state index is 0.0356. The molecule has 0 bridgehead atoms. The predicted octanol–water partition coefficient (Wildman–Crippen LogP) is -1.66. The highest BCUT2D eigenvalue weighted by Gasteiger charge is 2.39. The number of non-ortho nitro benzene ring substituents is 1. The zero-order chi connectivity index (χ0) is 47.9. The molecule has 4 atom stereocenters. The van der Waals surface area contributed by atoms with Crippen LogP contribution in [-0.2, 0) is 40.0 Å². The van der Waals surface area contributed by atoms with Crippen molar-refractivity contribution in [1.29, 1.82) is 0 Å². The van der Waals surface area contributed by atoms with Gasteiger partial charge in [0.25, 0.3) is 17.3 Å². The van der Waals surface area contributed by atoms with Gasteiger partial charge in [0.15, 0.2) is 0 Å². The maximum Gasteiger partial charge on any atom is 0.299 e. The molecule has 3 heterocycles. The van der Waals surface area contributed by atoms with E-state index in [2.05, 4.69) is 41.9 Å². The lowest BCUT2D eigenvalue weighted by molar-refractivity contribution is -0.393. The molecule has 26 nitrogen and oxygen atoms in total. The number of nitrogens with two attached hydrogens (primary N) is 2. The summed E-state index contributed by atoms with van der Waals surface area (Å²) in [7, 11) is 0. The first-order valence-corrected chi connectivity index (χ1v) is 20.8. The van der Waals surface area contributed by atoms with Gasteiger partial charge >= 0.3 is 0 Å². The number of benzene rings is 2. The number of carbonyl (C=O) groups is 8. The molecule has 11 N–H and O–H groups in total. The Balaban J connectivity index is 1.10. The number of imidazole rings is 1. The monoisotopic (exact) mass is 918 g/mol. The highest BCUT2D eigenvalue weighted by atomic mass is 16.6. The van der Waals surface area contributed by atoms with Crippen molar-refractivity contribution in [2.45, 2.75) is 69.1 Å². The molecule has 2 saturated heterocycles. The van der Waals surface area contributed by atoms with Crippen molar-refractivity contribution in [2.24, 2.45) is 5.73 Å². The molecule has 0 saturated carbocycles. The van der Waals surface area contributed by atoms with Crippen LogP contribution in [0.4, 0.5) is 22.7 Å². The number of nitro groups is 2. The number of para-hydroxylation sites is 1. The SMILES string of the molecule is NC(=O)CC[C@H](NC(=O)[C@@H]1CCCN1C(=O)CNC(=O)CNC(=O)[C@@H]1CCCN1C(=O)[C@H](Cc1cnc[nH]1)NC(=O)c1ccccc1N)C(=O)NCCNc1ccc([N+](=O)[O-])cc1[N+](=O)[O-]. The number of nitrogens with one attached hydrogen (secondary N) is 7. The quantitative estimate of drug-likeness (QED) is 0.0236. The van der Waals surface area contributed by atoms with Gasteiger partial charge in [0.1, 0.15) is 29.9 Å². The Morgan fingerprint density at radius 1 is 0.833 bits per heavy atom. The zero-order valence-electron chi connectivity index (χ0n) is 35.5. The molecule has 2 aliphatic rings. The van der Waals surface area contributed by atoms with E-state index < -0.39 is 106 Å². The summed E-state index contributed by atoms with van der Waals surface area (Å²) in [6, 6.07) is 4.98. The number of hydrogen-bond donors (Lipinski definition) is 9. The van der Waals surface area contributed by atoms with Gasteiger partial charge in [-0.05, 0) is 50.3 Å². The van der Waals surface area contributed by atoms with E-state index in [0.29, 0.717) is 18.5 Å². The van der Waals surface area contributed by atoms with E-state index in [1.54, 1.807) is 18.2 Å². The van der Waals surface area contributed by atoms with E-state index in [9.17, 15) is 58.6 Å². The molecule has 0 radical (unpaired) electrons. The summed E-state index contributed by atoms with van der Waals surface area (Å²) in [6.45, 7) is -0.931. The number of nitro benzene ring substituents is 2. The fourth-order valence-corrected chi connectivity index (χ4v) is 7.48. The fourth-order valence-electron chi connectivity index (χ4n) is 7.48. The van der Waals surface area contributed by atoms with Crippen LogP contribution in [0.2, 0.25) is 0 Å². The molecule has 352 valence electrons. The smallest absolute Gasteiger partial charge is 0.299 e. The van der Waals surface area contributed by atoms with Gasteiger partial charge in [0.05, 0.1) is 40.9 Å². The van der Waals surface area contributed by atoms with Crippen LogP contribution < -0.4 is 43.4 Å². The number of aromatic amines is 1. The van der Waals surface area contributed by atoms with Crippen LogP contribution in [0, 0.1) is 20.2 Å². The molecule has 2 fully saturated rings. The van der Waals surface area contributed by atoms with Crippen LogP contribution in [0.15, 0.2) is 55.0 Å². The van der Waals surface area contributed by atoms with Crippen LogP contribution in [0.5, 0.6) is 0 Å². The van der Waals surface area contributed by atoms with Gasteiger partial charge < -0.3 is 58.2 Å². The number of aromatic nitrogens is 2. The maximum atomic E-state index is 13.9. The second kappa shape index (κ2) is 22.9. The highest BCUT2D eigenvalue weighted by molar-refractivity contribution is 6.02. The van der Waals surface area contributed by atoms with Gasteiger partial charge in [0, 0.05) is 62.7 Å². The van der Waals surface area contributed by atoms with Crippen molar-refractivity contribution in [2.75, 3.05) is 50.3 Å². The Morgan fingerprint density at radius 2 is 1.55 bits per heavy atom. The number of nitrogen functional groups attached to an aromatic ring is 1. The molecule has 26 heteroatoms. The van der Waals surface area contributed by atoms with Crippen LogP contribution >= 0.6 is 0 Å². The van der Waals surface area contributed by atoms with Gasteiger partial charge in [-0.1, -0.05) is 12.1 Å². The first kappa shape index (κ1) is 48.8. The molecule has 2 aliphatic heterocycles. The Labute approximate surface area is 375 Å². The third-order valence-electron chi connectivity index (χ3n) is 10.8. The second-order valence-corrected chi connectivity index (χ2v) is 15.3. The third-order valence-corrected chi connectivity index (χ3v) is 10.8. The van der Waals surface area contributed by atoms with Crippen molar-refractivity contribution in [1.82, 2.24) is 46.4 Å². The molecule has 66 heavy (non-hydrogen) atoms. The van der Waals surface area contributed by atoms with E-state index in [4.69, 9.17) is 11.5 Å². The van der Waals surface area contributed by atoms with Crippen molar-refractivity contribution in [3.05, 3.63) is 86.5 Å². The Morgan fingerprint density at radius 3 is 2.21 bits per heavy atom. The minimum atomic E-state index is -1.28. The average molecular weight is 919 g/mol. The summed E-state index contributed by atoms with van der Waals surface area (Å²) < 4.78 is 0. The van der Waals surface area contributed by atoms with E-state index >= 15 is 0 Å². The van der Waals surface area contributed by atoms with Crippen molar-refractivity contribution in [3.63, 3.8) is 0 Å². The third kappa shape index (κ3) is 13.2. The summed E-state index contributed by atoms with van der Waals surface area (Å²) in [6.07, 6.45) is 3.86. The van der Waals surface area contributed by atoms with Crippen LogP contribution in [0.25, 0.3) is 0 Å². The molecule has 8 amide bonds. The summed E-state index contributed by atoms with van der Waals surface area (Å²) in [5, 5.41) is 37.9. The van der Waals surface area contributed by atoms with Crippen LogP contribution in [0.1, 0.15) is 54.6 Å². The lowest BCUT2D eigenvalue weighted by Crippen LogP contribution is -2.55. The van der Waals surface area contributed by atoms with Gasteiger partial charge in [-0.2, -0.15) is 0 Å². The molecule has 5 rings (SSSR count). The van der Waals surface area contributed by atoms with Crippen LogP contribution in [-0.4, -0.2) is 140 Å². The summed E-state index contributed by atoms with van der Waals surface area (Å²) >= 11 is 0. The maximum absolute atomic E-state index is 13.9. The Bertz CT molecular complexity index is 2330. The van der Waals surface area contributed by atoms with E-state index in [-0.39, 0.29) is 75.2 Å². The predicted molar refractivity (Wildman–Crippen MR) is 231 cm³/mol. The molecule has 1 aromatic heterocycles. The number of primary amides is 1. The molecule has 2 aromatic carbocycles. The molecular weight excluding hydrogens is 869 g/mol. The van der Waals surface area contributed by atoms with E-state index in [1.807, 2.05) is 0 Å². The first-order chi connectivity index (χ1) is 31.5. The lowest BCUT2D eigenvalue weighted by atomic mass is 10.1. The van der Waals surface area contributed by atoms with Crippen LogP contribution in [0.3, 0.4) is 0 Å². The molecule has 0 spiro atoms. The summed E-state index contributed by atoms with van der Waals surface area (Å²) in [5.41, 5.74) is 11.1. The van der Waals surface area contributed by atoms with E-state index in [1.165, 1.54) is 28.4 Å². The number of nitrogens with zero attached hydrogens (tertiary/aromatic N) is 5. The number of H-pyrrole nitrogens is 1. The molecule has 0 unspecified atom stereocenters. The standard InChI is InChI=1S/C40H50N14O12/c41-26-6-2-1-5-25(26)36(58)50-29(17-23-19-43-22-48-23)40(62)52-16-4-7-30(52)38(60)47-20-34(56)46-21-35(57)51-15-3-8-31(51)39(61)49-28(11-12-33(42)55)37(59)45-14-13-44-27-10-9-24(53(63)64)18-32(27)54(65)66/h1-2,5-6,9-10,18-19,22,28-31,44H,3-4,7-8,11-17,20-21,41H2,(H2,42,55)(H,43,48)(H,45,59)(H,46,56)(H,47,60)(H,49,61)(H,50,58)/t28-,29-,30-,31-/m0/s1. The number of likely N-dealkylation sites (tertiary alicyclic amines) is 2. The summed E-state index contributed by atoms with van der Waals surface area (Å²) in [5.74, 6) is -5.31. The topological polar surface area (TPSA) is 382 Å². The number of hydrogen-bond acceptors (Lipinski definition) is 15. The number of amides is 8. The normalized spacial score (nSPS) is 16.3. The fraction of sp³-hybridized carbons (Fsp3) is 0.425. The van der Waals surface area contributed by atoms with Gasteiger partial charge in [-0.25, -0.2) is 4.98 Å². The van der Waals surface area contributed by atoms with Crippen molar-refractivity contribution >= 4 is 70.0 Å². The van der Waals surface area contributed by atoms with Gasteiger partial charge in [-0.3, -0.25) is 58.6 Å². The number of carbonyl (C=O) groups excluding carboxylic acids is 8. The minimum Gasteiger partial charge on any atom is -0.398 e. The Kier molecular flexibility index (Phi) is 17.0. The van der Waals surface area contributed by atoms with Gasteiger partial charge in [0.2, 0.25) is 41.4 Å². The van der Waals surface area contributed by atoms with Gasteiger partial charge in [-0.15, -0.1) is 0 Å².